The van der Waals surface area contributed by atoms with E-state index in [9.17, 15) is 14.9 Å². The second kappa shape index (κ2) is 6.83. The fourth-order valence-electron chi connectivity index (χ4n) is 1.67. The molecule has 1 aliphatic heterocycles. The molecular weight excluding hydrogens is 337 g/mol. The first-order valence-corrected chi connectivity index (χ1v) is 6.30. The Morgan fingerprint density at radius 2 is 2.21 bits per heavy atom. The van der Waals surface area contributed by atoms with Crippen molar-refractivity contribution in [3.8, 4) is 0 Å². The molecule has 1 saturated heterocycles. The molecule has 2 N–H and O–H groups in total. The fraction of sp³-hybridized carbons (Fsp3) is 0.364. The Labute approximate surface area is 124 Å². The van der Waals surface area contributed by atoms with Crippen LogP contribution in [0.4, 0.5) is 5.69 Å². The lowest BCUT2D eigenvalue weighted by Crippen LogP contribution is -2.48. The Morgan fingerprint density at radius 3 is 2.74 bits per heavy atom. The van der Waals surface area contributed by atoms with Crippen LogP contribution in [0, 0.1) is 16.0 Å². The summed E-state index contributed by atoms with van der Waals surface area (Å²) in [6.07, 6.45) is 0. The summed E-state index contributed by atoms with van der Waals surface area (Å²) in [7, 11) is 0. The topological polar surface area (TPSA) is 84.3 Å². The van der Waals surface area contributed by atoms with Crippen molar-refractivity contribution in [3.05, 3.63) is 38.3 Å². The number of nitro groups is 1. The average Bonchev–Trinajstić information content (AvgIpc) is 2.26. The van der Waals surface area contributed by atoms with Crippen LogP contribution in [0.2, 0.25) is 0 Å². The Hall–Kier alpha value is -1.18. The molecule has 1 fully saturated rings. The second-order valence-corrected chi connectivity index (χ2v) is 5.07. The van der Waals surface area contributed by atoms with Crippen molar-refractivity contribution in [3.63, 3.8) is 0 Å². The van der Waals surface area contributed by atoms with E-state index in [4.69, 9.17) is 0 Å². The van der Waals surface area contributed by atoms with Crippen molar-refractivity contribution in [1.82, 2.24) is 10.6 Å². The molecule has 0 radical (unpaired) electrons. The van der Waals surface area contributed by atoms with Gasteiger partial charge in [0.15, 0.2) is 0 Å². The summed E-state index contributed by atoms with van der Waals surface area (Å²) < 4.78 is 0.578. The summed E-state index contributed by atoms with van der Waals surface area (Å²) in [6, 6.07) is 4.41. The summed E-state index contributed by atoms with van der Waals surface area (Å²) >= 11 is 3.15. The minimum Gasteiger partial charge on any atom is -0.351 e. The van der Waals surface area contributed by atoms with Gasteiger partial charge in [0.05, 0.1) is 4.92 Å². The van der Waals surface area contributed by atoms with Gasteiger partial charge in [0.2, 0.25) is 0 Å². The molecule has 1 heterocycles. The quantitative estimate of drug-likeness (QED) is 0.640. The minimum absolute atomic E-state index is 0. The van der Waals surface area contributed by atoms with Crippen LogP contribution < -0.4 is 10.6 Å². The number of carbonyl (C=O) groups is 1. The Kier molecular flexibility index (Phi) is 5.71. The van der Waals surface area contributed by atoms with E-state index in [1.165, 1.54) is 12.1 Å². The van der Waals surface area contributed by atoms with Crippen molar-refractivity contribution < 1.29 is 9.72 Å². The molecule has 0 unspecified atom stereocenters. The lowest BCUT2D eigenvalue weighted by Gasteiger charge is -2.27. The SMILES string of the molecule is Cl.O=C(NCC1CNC1)c1ccc(Br)cc1[N+](=O)[O-]. The maximum atomic E-state index is 11.9. The van der Waals surface area contributed by atoms with Crippen molar-refractivity contribution in [2.24, 2.45) is 5.92 Å². The molecule has 0 atom stereocenters. The molecule has 0 spiro atoms. The number of rotatable bonds is 4. The van der Waals surface area contributed by atoms with Crippen LogP contribution in [-0.2, 0) is 0 Å². The number of carbonyl (C=O) groups excluding carboxylic acids is 1. The number of halogens is 2. The molecule has 2 rings (SSSR count). The van der Waals surface area contributed by atoms with Gasteiger partial charge in [0, 0.05) is 36.1 Å². The zero-order valence-electron chi connectivity index (χ0n) is 9.89. The van der Waals surface area contributed by atoms with Crippen LogP contribution in [0.1, 0.15) is 10.4 Å². The summed E-state index contributed by atoms with van der Waals surface area (Å²) in [5, 5.41) is 16.7. The Balaban J connectivity index is 0.00000180. The number of nitrogens with one attached hydrogen (secondary N) is 2. The molecule has 6 nitrogen and oxygen atoms in total. The average molecular weight is 351 g/mol. The first kappa shape index (κ1) is 15.9. The highest BCUT2D eigenvalue weighted by Gasteiger charge is 2.22. The molecule has 0 aliphatic carbocycles. The van der Waals surface area contributed by atoms with E-state index in [2.05, 4.69) is 26.6 Å². The van der Waals surface area contributed by atoms with Gasteiger partial charge in [-0.05, 0) is 12.1 Å². The number of nitrogens with zero attached hydrogens (tertiary/aromatic N) is 1. The van der Waals surface area contributed by atoms with Crippen molar-refractivity contribution in [2.45, 2.75) is 0 Å². The third kappa shape index (κ3) is 3.89. The third-order valence-corrected chi connectivity index (χ3v) is 3.31. The maximum Gasteiger partial charge on any atom is 0.283 e. The molecule has 1 aromatic rings. The zero-order valence-corrected chi connectivity index (χ0v) is 12.3. The highest BCUT2D eigenvalue weighted by atomic mass is 79.9. The van der Waals surface area contributed by atoms with Crippen LogP contribution >= 0.6 is 28.3 Å². The van der Waals surface area contributed by atoms with Crippen LogP contribution in [0.25, 0.3) is 0 Å². The fourth-order valence-corrected chi connectivity index (χ4v) is 2.02. The highest BCUT2D eigenvalue weighted by molar-refractivity contribution is 9.10. The third-order valence-electron chi connectivity index (χ3n) is 2.82. The van der Waals surface area contributed by atoms with E-state index in [1.807, 2.05) is 0 Å². The molecule has 1 aliphatic rings. The molecule has 1 aromatic carbocycles. The van der Waals surface area contributed by atoms with Gasteiger partial charge in [-0.3, -0.25) is 14.9 Å². The van der Waals surface area contributed by atoms with Crippen LogP contribution in [0.3, 0.4) is 0 Å². The summed E-state index contributed by atoms with van der Waals surface area (Å²) in [5.41, 5.74) is -0.0934. The summed E-state index contributed by atoms with van der Waals surface area (Å²) in [6.45, 7) is 2.30. The van der Waals surface area contributed by atoms with Gasteiger partial charge in [-0.25, -0.2) is 0 Å². The second-order valence-electron chi connectivity index (χ2n) is 4.15. The van der Waals surface area contributed by atoms with Gasteiger partial charge in [-0.2, -0.15) is 0 Å². The van der Waals surface area contributed by atoms with Gasteiger partial charge in [0.25, 0.3) is 11.6 Å². The lowest BCUT2D eigenvalue weighted by molar-refractivity contribution is -0.385. The number of benzene rings is 1. The minimum atomic E-state index is -0.551. The van der Waals surface area contributed by atoms with Crippen LogP contribution in [0.15, 0.2) is 22.7 Å². The van der Waals surface area contributed by atoms with E-state index in [-0.39, 0.29) is 23.7 Å². The first-order chi connectivity index (χ1) is 8.58. The molecule has 104 valence electrons. The molecule has 0 saturated carbocycles. The number of hydrogen-bond donors (Lipinski definition) is 2. The Bertz CT molecular complexity index is 494. The number of amides is 1. The molecule has 0 aromatic heterocycles. The normalized spacial score (nSPS) is 14.2. The molecule has 19 heavy (non-hydrogen) atoms. The highest BCUT2D eigenvalue weighted by Crippen LogP contribution is 2.23. The van der Waals surface area contributed by atoms with E-state index in [0.29, 0.717) is 16.9 Å². The van der Waals surface area contributed by atoms with E-state index >= 15 is 0 Å². The molecular formula is C11H13BrClN3O3. The van der Waals surface area contributed by atoms with E-state index in [0.717, 1.165) is 13.1 Å². The van der Waals surface area contributed by atoms with E-state index in [1.54, 1.807) is 6.07 Å². The predicted molar refractivity (Wildman–Crippen MR) is 76.7 cm³/mol. The summed E-state index contributed by atoms with van der Waals surface area (Å²) in [5.74, 6) is 0.0181. The van der Waals surface area contributed by atoms with Gasteiger partial charge in [-0.15, -0.1) is 12.4 Å². The zero-order chi connectivity index (χ0) is 13.1. The molecule has 8 heteroatoms. The van der Waals surface area contributed by atoms with Crippen LogP contribution in [-0.4, -0.2) is 30.5 Å². The smallest absolute Gasteiger partial charge is 0.283 e. The first-order valence-electron chi connectivity index (χ1n) is 5.51. The maximum absolute atomic E-state index is 11.9. The van der Waals surface area contributed by atoms with Crippen molar-refractivity contribution >= 4 is 39.9 Å². The van der Waals surface area contributed by atoms with Gasteiger partial charge in [0.1, 0.15) is 5.56 Å². The van der Waals surface area contributed by atoms with E-state index < -0.39 is 10.8 Å². The van der Waals surface area contributed by atoms with Crippen molar-refractivity contribution in [2.75, 3.05) is 19.6 Å². The van der Waals surface area contributed by atoms with Crippen LogP contribution in [0.5, 0.6) is 0 Å². The largest absolute Gasteiger partial charge is 0.351 e. The van der Waals surface area contributed by atoms with Gasteiger partial charge >= 0.3 is 0 Å². The predicted octanol–water partition coefficient (Wildman–Crippen LogP) is 1.73. The van der Waals surface area contributed by atoms with Gasteiger partial charge in [-0.1, -0.05) is 15.9 Å². The monoisotopic (exact) mass is 349 g/mol. The molecule has 0 bridgehead atoms. The van der Waals surface area contributed by atoms with Crippen molar-refractivity contribution in [1.29, 1.82) is 0 Å². The summed E-state index contributed by atoms with van der Waals surface area (Å²) in [4.78, 5) is 22.2. The Morgan fingerprint density at radius 1 is 1.53 bits per heavy atom. The standard InChI is InChI=1S/C11H12BrN3O3.ClH/c12-8-1-2-9(10(3-8)15(17)18)11(16)14-6-7-4-13-5-7;/h1-3,7,13H,4-6H2,(H,14,16);1H. The number of hydrogen-bond acceptors (Lipinski definition) is 4. The lowest BCUT2D eigenvalue weighted by atomic mass is 10.0. The number of nitro benzene ring substituents is 1. The van der Waals surface area contributed by atoms with Gasteiger partial charge < -0.3 is 10.6 Å². The molecule has 1 amide bonds.